The topological polar surface area (TPSA) is 112 Å². The Bertz CT molecular complexity index is 1710. The van der Waals surface area contributed by atoms with E-state index in [1.54, 1.807) is 51.1 Å². The van der Waals surface area contributed by atoms with Gasteiger partial charge < -0.3 is 20.3 Å². The number of hydrogen-bond acceptors (Lipinski definition) is 5. The summed E-state index contributed by atoms with van der Waals surface area (Å²) in [6.45, 7) is 4.73. The van der Waals surface area contributed by atoms with Gasteiger partial charge in [-0.3, -0.25) is 9.59 Å². The molecule has 0 aromatic heterocycles. The van der Waals surface area contributed by atoms with Gasteiger partial charge in [-0.1, -0.05) is 78.7 Å². The van der Waals surface area contributed by atoms with Gasteiger partial charge in [0.25, 0.3) is 5.91 Å². The number of ether oxygens (including phenoxy) is 1. The maximum absolute atomic E-state index is 14.3. The third kappa shape index (κ3) is 8.24. The first-order valence-corrected chi connectivity index (χ1v) is 14.1. The zero-order valence-electron chi connectivity index (χ0n) is 24.9. The van der Waals surface area contributed by atoms with E-state index in [1.165, 1.54) is 4.90 Å². The molecule has 0 saturated carbocycles. The number of amides is 3. The zero-order valence-corrected chi connectivity index (χ0v) is 24.9. The second kappa shape index (κ2) is 14.0. The van der Waals surface area contributed by atoms with Gasteiger partial charge in [0.05, 0.1) is 6.07 Å². The highest BCUT2D eigenvalue weighted by atomic mass is 16.6. The third-order valence-electron chi connectivity index (χ3n) is 6.77. The Morgan fingerprint density at radius 3 is 2.20 bits per heavy atom. The average Bonchev–Trinajstić information content (AvgIpc) is 3.00. The highest BCUT2D eigenvalue weighted by molar-refractivity contribution is 6.00. The number of anilines is 1. The first-order valence-electron chi connectivity index (χ1n) is 14.1. The van der Waals surface area contributed by atoms with E-state index >= 15 is 0 Å². The van der Waals surface area contributed by atoms with Crippen molar-refractivity contribution in [3.8, 4) is 18.4 Å². The van der Waals surface area contributed by atoms with Gasteiger partial charge in [0.2, 0.25) is 5.91 Å². The predicted octanol–water partition coefficient (Wildman–Crippen LogP) is 5.99. The molecule has 0 bridgehead atoms. The molecule has 4 aromatic carbocycles. The minimum atomic E-state index is -1.22. The Kier molecular flexibility index (Phi) is 10.0. The van der Waals surface area contributed by atoms with Crippen molar-refractivity contribution in [1.82, 2.24) is 10.2 Å². The molecule has 0 spiro atoms. The maximum Gasteiger partial charge on any atom is 0.408 e. The zero-order chi connectivity index (χ0) is 31.7. The lowest BCUT2D eigenvalue weighted by Gasteiger charge is -2.33. The number of nitrogens with one attached hydrogen (secondary N) is 2. The molecule has 2 atom stereocenters. The number of benzene rings is 4. The number of rotatable bonds is 9. The van der Waals surface area contributed by atoms with Crippen LogP contribution in [0.2, 0.25) is 0 Å². The standard InChI is InChI=1S/C36H34N4O4/c1-5-25-15-17-28(18-16-25)32(33(41)38-30-20-19-27-13-9-10-14-29(27)24-30)40(22-21-37)34(42)31(23-26-11-7-6-8-12-26)39-35(43)44-36(2,3)4/h1,6-20,24,31-32H,22-23H2,2-4H3,(H,38,41)(H,39,43). The lowest BCUT2D eigenvalue weighted by Crippen LogP contribution is -2.53. The molecular formula is C36H34N4O4. The van der Waals surface area contributed by atoms with Crippen molar-refractivity contribution >= 4 is 34.4 Å². The van der Waals surface area contributed by atoms with Crippen molar-refractivity contribution in [2.75, 3.05) is 11.9 Å². The molecule has 0 aliphatic heterocycles. The third-order valence-corrected chi connectivity index (χ3v) is 6.77. The van der Waals surface area contributed by atoms with Gasteiger partial charge in [-0.05, 0) is 66.9 Å². The number of nitrogens with zero attached hydrogens (tertiary/aromatic N) is 2. The van der Waals surface area contributed by atoms with Gasteiger partial charge in [-0.2, -0.15) is 5.26 Å². The average molecular weight is 587 g/mol. The molecule has 4 rings (SSSR count). The number of terminal acetylenes is 1. The van der Waals surface area contributed by atoms with Gasteiger partial charge in [0, 0.05) is 17.7 Å². The summed E-state index contributed by atoms with van der Waals surface area (Å²) in [5.41, 5.74) is 1.53. The van der Waals surface area contributed by atoms with Crippen molar-refractivity contribution < 1.29 is 19.1 Å². The fraction of sp³-hybridized carbons (Fsp3) is 0.222. The fourth-order valence-electron chi connectivity index (χ4n) is 4.78. The van der Waals surface area contributed by atoms with E-state index < -0.39 is 42.1 Å². The number of fused-ring (bicyclic) bond motifs is 1. The Hall–Kier alpha value is -5.60. The van der Waals surface area contributed by atoms with E-state index in [0.29, 0.717) is 16.8 Å². The number of alkyl carbamates (subject to hydrolysis) is 1. The number of carbonyl (C=O) groups excluding carboxylic acids is 3. The molecule has 4 aromatic rings. The molecule has 8 nitrogen and oxygen atoms in total. The molecule has 0 fully saturated rings. The highest BCUT2D eigenvalue weighted by Crippen LogP contribution is 2.26. The molecular weight excluding hydrogens is 552 g/mol. The number of hydrogen-bond donors (Lipinski definition) is 2. The maximum atomic E-state index is 14.3. The van der Waals surface area contributed by atoms with Crippen LogP contribution in [0.25, 0.3) is 10.8 Å². The van der Waals surface area contributed by atoms with Crippen LogP contribution in [0.1, 0.15) is 43.5 Å². The van der Waals surface area contributed by atoms with Crippen LogP contribution in [0.3, 0.4) is 0 Å². The van der Waals surface area contributed by atoms with Crippen molar-refractivity contribution in [3.05, 3.63) is 114 Å². The van der Waals surface area contributed by atoms with Crippen LogP contribution in [0, 0.1) is 23.7 Å². The number of nitriles is 1. The molecule has 0 heterocycles. The Labute approximate surface area is 257 Å². The van der Waals surface area contributed by atoms with Gasteiger partial charge in [0.1, 0.15) is 24.2 Å². The van der Waals surface area contributed by atoms with Crippen molar-refractivity contribution in [1.29, 1.82) is 5.26 Å². The van der Waals surface area contributed by atoms with Crippen LogP contribution in [0.15, 0.2) is 97.1 Å². The molecule has 2 unspecified atom stereocenters. The Balaban J connectivity index is 1.73. The summed E-state index contributed by atoms with van der Waals surface area (Å²) in [5, 5.41) is 17.4. The first-order chi connectivity index (χ1) is 21.1. The van der Waals surface area contributed by atoms with E-state index in [-0.39, 0.29) is 6.42 Å². The SMILES string of the molecule is C#Cc1ccc(C(C(=O)Nc2ccc3ccccc3c2)N(CC#N)C(=O)C(Cc2ccccc2)NC(=O)OC(C)(C)C)cc1. The molecule has 0 saturated heterocycles. The molecule has 0 aliphatic rings. The molecule has 8 heteroatoms. The fourth-order valence-corrected chi connectivity index (χ4v) is 4.78. The predicted molar refractivity (Wildman–Crippen MR) is 170 cm³/mol. The molecule has 2 N–H and O–H groups in total. The summed E-state index contributed by atoms with van der Waals surface area (Å²) < 4.78 is 5.44. The smallest absolute Gasteiger partial charge is 0.408 e. The van der Waals surface area contributed by atoms with E-state index in [9.17, 15) is 19.6 Å². The van der Waals surface area contributed by atoms with Crippen LogP contribution >= 0.6 is 0 Å². The lowest BCUT2D eigenvalue weighted by molar-refractivity contribution is -0.140. The largest absolute Gasteiger partial charge is 0.444 e. The van der Waals surface area contributed by atoms with Gasteiger partial charge >= 0.3 is 6.09 Å². The molecule has 3 amide bonds. The van der Waals surface area contributed by atoms with Crippen LogP contribution in [0.4, 0.5) is 10.5 Å². The highest BCUT2D eigenvalue weighted by Gasteiger charge is 2.36. The quantitative estimate of drug-likeness (QED) is 0.185. The van der Waals surface area contributed by atoms with Crippen LogP contribution in [0.5, 0.6) is 0 Å². The number of carbonyl (C=O) groups is 3. The Morgan fingerprint density at radius 1 is 0.909 bits per heavy atom. The monoisotopic (exact) mass is 586 g/mol. The summed E-state index contributed by atoms with van der Waals surface area (Å²) >= 11 is 0. The normalized spacial score (nSPS) is 12.2. The summed E-state index contributed by atoms with van der Waals surface area (Å²) in [4.78, 5) is 42.4. The van der Waals surface area contributed by atoms with Crippen LogP contribution in [-0.2, 0) is 20.7 Å². The van der Waals surface area contributed by atoms with E-state index in [1.807, 2.05) is 72.8 Å². The van der Waals surface area contributed by atoms with Crippen LogP contribution in [-0.4, -0.2) is 41.0 Å². The first kappa shape index (κ1) is 31.3. The van der Waals surface area contributed by atoms with Crippen molar-refractivity contribution in [2.24, 2.45) is 0 Å². The minimum absolute atomic E-state index is 0.107. The minimum Gasteiger partial charge on any atom is -0.444 e. The lowest BCUT2D eigenvalue weighted by atomic mass is 9.99. The summed E-state index contributed by atoms with van der Waals surface area (Å²) in [5.74, 6) is 1.39. The summed E-state index contributed by atoms with van der Waals surface area (Å²) in [6.07, 6.45) is 4.87. The van der Waals surface area contributed by atoms with Crippen molar-refractivity contribution in [2.45, 2.75) is 44.9 Å². The van der Waals surface area contributed by atoms with Gasteiger partial charge in [-0.15, -0.1) is 6.42 Å². The molecule has 0 aliphatic carbocycles. The van der Waals surface area contributed by atoms with E-state index in [2.05, 4.69) is 16.6 Å². The summed E-state index contributed by atoms with van der Waals surface area (Å²) in [6, 6.07) is 28.7. The summed E-state index contributed by atoms with van der Waals surface area (Å²) in [7, 11) is 0. The second-order valence-corrected chi connectivity index (χ2v) is 11.2. The van der Waals surface area contributed by atoms with Gasteiger partial charge in [0.15, 0.2) is 0 Å². The molecule has 44 heavy (non-hydrogen) atoms. The molecule has 222 valence electrons. The molecule has 0 radical (unpaired) electrons. The van der Waals surface area contributed by atoms with Gasteiger partial charge in [-0.25, -0.2) is 4.79 Å². The van der Waals surface area contributed by atoms with E-state index in [4.69, 9.17) is 11.2 Å². The van der Waals surface area contributed by atoms with Crippen molar-refractivity contribution in [3.63, 3.8) is 0 Å². The van der Waals surface area contributed by atoms with Crippen LogP contribution < -0.4 is 10.6 Å². The second-order valence-electron chi connectivity index (χ2n) is 11.2. The van der Waals surface area contributed by atoms with E-state index in [0.717, 1.165) is 16.3 Å². The Morgan fingerprint density at radius 2 is 1.57 bits per heavy atom.